The van der Waals surface area contributed by atoms with Crippen LogP contribution in [0.3, 0.4) is 0 Å². The Bertz CT molecular complexity index is 673. The average molecular weight is 331 g/mol. The highest BCUT2D eigenvalue weighted by Crippen LogP contribution is 2.34. The highest BCUT2D eigenvalue weighted by atomic mass is 16.5. The topological polar surface area (TPSA) is 66.0 Å². The number of nitrogens with one attached hydrogen (secondary N) is 1. The van der Waals surface area contributed by atoms with Crippen LogP contribution in [0.1, 0.15) is 5.56 Å². The largest absolute Gasteiger partial charge is 0.496 e. The van der Waals surface area contributed by atoms with Gasteiger partial charge in [0.05, 0.1) is 21.3 Å². The number of rotatable bonds is 8. The summed E-state index contributed by atoms with van der Waals surface area (Å²) < 4.78 is 21.2. The van der Waals surface area contributed by atoms with Crippen LogP contribution in [0.2, 0.25) is 0 Å². The van der Waals surface area contributed by atoms with Crippen molar-refractivity contribution in [2.24, 2.45) is 0 Å². The van der Waals surface area contributed by atoms with Crippen molar-refractivity contribution in [2.45, 2.75) is 6.54 Å². The minimum atomic E-state index is -0.226. The number of methoxy groups -OCH3 is 3. The van der Waals surface area contributed by atoms with E-state index in [2.05, 4.69) is 5.32 Å². The van der Waals surface area contributed by atoms with Gasteiger partial charge in [-0.05, 0) is 18.2 Å². The van der Waals surface area contributed by atoms with Gasteiger partial charge in [0.2, 0.25) is 0 Å². The van der Waals surface area contributed by atoms with E-state index in [1.54, 1.807) is 45.6 Å². The lowest BCUT2D eigenvalue weighted by molar-refractivity contribution is -0.123. The van der Waals surface area contributed by atoms with Gasteiger partial charge in [0.1, 0.15) is 11.5 Å². The van der Waals surface area contributed by atoms with E-state index in [0.29, 0.717) is 29.5 Å². The molecule has 0 atom stereocenters. The minimum absolute atomic E-state index is 0.0559. The Morgan fingerprint density at radius 1 is 0.917 bits per heavy atom. The number of amides is 1. The number of benzene rings is 2. The Morgan fingerprint density at radius 3 is 2.17 bits per heavy atom. The summed E-state index contributed by atoms with van der Waals surface area (Å²) in [5, 5.41) is 2.79. The van der Waals surface area contributed by atoms with Gasteiger partial charge < -0.3 is 24.3 Å². The van der Waals surface area contributed by atoms with E-state index in [1.165, 1.54) is 0 Å². The highest BCUT2D eigenvalue weighted by molar-refractivity contribution is 5.77. The van der Waals surface area contributed by atoms with Crippen LogP contribution in [-0.4, -0.2) is 33.8 Å². The fraction of sp³-hybridized carbons (Fsp3) is 0.278. The third-order valence-electron chi connectivity index (χ3n) is 3.38. The van der Waals surface area contributed by atoms with Gasteiger partial charge in [-0.3, -0.25) is 4.79 Å². The van der Waals surface area contributed by atoms with E-state index in [-0.39, 0.29) is 12.5 Å². The Hall–Kier alpha value is -2.89. The second-order valence-corrected chi connectivity index (χ2v) is 4.90. The van der Waals surface area contributed by atoms with Crippen molar-refractivity contribution in [3.05, 3.63) is 48.0 Å². The van der Waals surface area contributed by atoms with E-state index in [9.17, 15) is 4.79 Å². The Morgan fingerprint density at radius 2 is 1.54 bits per heavy atom. The molecular weight excluding hydrogens is 310 g/mol. The molecule has 0 spiro atoms. The third-order valence-corrected chi connectivity index (χ3v) is 3.38. The maximum absolute atomic E-state index is 11.9. The maximum Gasteiger partial charge on any atom is 0.258 e. The Labute approximate surface area is 141 Å². The normalized spacial score (nSPS) is 9.96. The Kier molecular flexibility index (Phi) is 6.31. The van der Waals surface area contributed by atoms with Gasteiger partial charge >= 0.3 is 0 Å². The van der Waals surface area contributed by atoms with Crippen LogP contribution in [0.25, 0.3) is 0 Å². The molecule has 0 heterocycles. The van der Waals surface area contributed by atoms with Crippen molar-refractivity contribution in [1.82, 2.24) is 5.32 Å². The van der Waals surface area contributed by atoms with Gasteiger partial charge in [0.15, 0.2) is 18.1 Å². The molecule has 2 aromatic rings. The molecule has 128 valence electrons. The zero-order chi connectivity index (χ0) is 17.4. The van der Waals surface area contributed by atoms with Crippen molar-refractivity contribution in [3.8, 4) is 23.0 Å². The van der Waals surface area contributed by atoms with Gasteiger partial charge in [-0.25, -0.2) is 0 Å². The minimum Gasteiger partial charge on any atom is -0.496 e. The predicted octanol–water partition coefficient (Wildman–Crippen LogP) is 2.41. The first-order chi connectivity index (χ1) is 11.7. The summed E-state index contributed by atoms with van der Waals surface area (Å²) in [5.74, 6) is 2.17. The van der Waals surface area contributed by atoms with Crippen molar-refractivity contribution in [1.29, 1.82) is 0 Å². The second kappa shape index (κ2) is 8.67. The monoisotopic (exact) mass is 331 g/mol. The number of carbonyl (C=O) groups is 1. The van der Waals surface area contributed by atoms with Crippen LogP contribution in [0.5, 0.6) is 23.0 Å². The predicted molar refractivity (Wildman–Crippen MR) is 89.9 cm³/mol. The van der Waals surface area contributed by atoms with Crippen LogP contribution >= 0.6 is 0 Å². The average Bonchev–Trinajstić information content (AvgIpc) is 2.64. The van der Waals surface area contributed by atoms with Gasteiger partial charge in [0.25, 0.3) is 5.91 Å². The third kappa shape index (κ3) is 4.55. The summed E-state index contributed by atoms with van der Waals surface area (Å²) in [6, 6.07) is 12.7. The summed E-state index contributed by atoms with van der Waals surface area (Å²) >= 11 is 0. The molecule has 0 aliphatic carbocycles. The van der Waals surface area contributed by atoms with Crippen LogP contribution < -0.4 is 24.3 Å². The molecule has 1 N–H and O–H groups in total. The fourth-order valence-electron chi connectivity index (χ4n) is 2.14. The first-order valence-corrected chi connectivity index (χ1v) is 7.41. The van der Waals surface area contributed by atoms with Crippen molar-refractivity contribution < 1.29 is 23.7 Å². The Balaban J connectivity index is 1.96. The first-order valence-electron chi connectivity index (χ1n) is 7.41. The summed E-state index contributed by atoms with van der Waals surface area (Å²) in [5.41, 5.74) is 0.781. The molecule has 0 radical (unpaired) electrons. The molecule has 24 heavy (non-hydrogen) atoms. The zero-order valence-corrected chi connectivity index (χ0v) is 14.0. The quantitative estimate of drug-likeness (QED) is 0.805. The standard InChI is InChI=1S/C18H21NO5/c1-21-15-10-17(23-3)16(22-2)9-13(15)11-19-18(20)12-24-14-7-5-4-6-8-14/h4-10H,11-12H2,1-3H3,(H,19,20). The summed E-state index contributed by atoms with van der Waals surface area (Å²) in [4.78, 5) is 11.9. The van der Waals surface area contributed by atoms with Gasteiger partial charge in [-0.15, -0.1) is 0 Å². The molecular formula is C18H21NO5. The number of hydrogen-bond donors (Lipinski definition) is 1. The molecule has 2 rings (SSSR count). The van der Waals surface area contributed by atoms with E-state index >= 15 is 0 Å². The van der Waals surface area contributed by atoms with E-state index in [0.717, 1.165) is 5.56 Å². The first kappa shape index (κ1) is 17.5. The molecule has 0 saturated heterocycles. The molecule has 0 fully saturated rings. The molecule has 0 aliphatic rings. The second-order valence-electron chi connectivity index (χ2n) is 4.90. The van der Waals surface area contributed by atoms with Crippen molar-refractivity contribution >= 4 is 5.91 Å². The molecule has 2 aromatic carbocycles. The summed E-state index contributed by atoms with van der Waals surface area (Å²) in [6.07, 6.45) is 0. The van der Waals surface area contributed by atoms with Gasteiger partial charge in [-0.2, -0.15) is 0 Å². The lowest BCUT2D eigenvalue weighted by atomic mass is 10.1. The maximum atomic E-state index is 11.9. The lowest BCUT2D eigenvalue weighted by Gasteiger charge is -2.14. The van der Waals surface area contributed by atoms with E-state index < -0.39 is 0 Å². The number of hydrogen-bond acceptors (Lipinski definition) is 5. The van der Waals surface area contributed by atoms with Crippen molar-refractivity contribution in [3.63, 3.8) is 0 Å². The molecule has 0 saturated carbocycles. The zero-order valence-electron chi connectivity index (χ0n) is 14.0. The number of carbonyl (C=O) groups excluding carboxylic acids is 1. The van der Waals surface area contributed by atoms with Crippen LogP contribution in [-0.2, 0) is 11.3 Å². The van der Waals surface area contributed by atoms with Crippen LogP contribution in [0.15, 0.2) is 42.5 Å². The van der Waals surface area contributed by atoms with Gasteiger partial charge in [0, 0.05) is 18.2 Å². The summed E-state index contributed by atoms with van der Waals surface area (Å²) in [6.45, 7) is 0.236. The molecule has 0 unspecified atom stereocenters. The smallest absolute Gasteiger partial charge is 0.258 e. The number of para-hydroxylation sites is 1. The van der Waals surface area contributed by atoms with Crippen molar-refractivity contribution in [2.75, 3.05) is 27.9 Å². The van der Waals surface area contributed by atoms with E-state index in [1.807, 2.05) is 18.2 Å². The fourth-order valence-corrected chi connectivity index (χ4v) is 2.14. The molecule has 6 nitrogen and oxygen atoms in total. The SMILES string of the molecule is COc1cc(OC)c(OC)cc1CNC(=O)COc1ccccc1. The molecule has 0 aromatic heterocycles. The lowest BCUT2D eigenvalue weighted by Crippen LogP contribution is -2.28. The summed E-state index contributed by atoms with van der Waals surface area (Å²) in [7, 11) is 4.67. The molecule has 6 heteroatoms. The molecule has 0 aliphatic heterocycles. The molecule has 1 amide bonds. The highest BCUT2D eigenvalue weighted by Gasteiger charge is 2.12. The van der Waals surface area contributed by atoms with Crippen LogP contribution in [0, 0.1) is 0 Å². The number of ether oxygens (including phenoxy) is 4. The molecule has 0 bridgehead atoms. The van der Waals surface area contributed by atoms with E-state index in [4.69, 9.17) is 18.9 Å². The van der Waals surface area contributed by atoms with Crippen LogP contribution in [0.4, 0.5) is 0 Å². The van der Waals surface area contributed by atoms with Gasteiger partial charge in [-0.1, -0.05) is 18.2 Å².